The van der Waals surface area contributed by atoms with Crippen molar-refractivity contribution < 1.29 is 9.84 Å². The smallest absolute Gasteiger partial charge is 0.120 e. The monoisotopic (exact) mass is 249 g/mol. The second-order valence-corrected chi connectivity index (χ2v) is 5.14. The molecule has 3 unspecified atom stereocenters. The number of phenolic OH excluding ortho intramolecular Hbond substituents is 1. The lowest BCUT2D eigenvalue weighted by atomic mass is 10.0. The number of hydrogen-bond donors (Lipinski definition) is 1. The van der Waals surface area contributed by atoms with Gasteiger partial charge in [0.1, 0.15) is 5.75 Å². The summed E-state index contributed by atoms with van der Waals surface area (Å²) in [6.45, 7) is 8.17. The molecule has 18 heavy (non-hydrogen) atoms. The molecule has 0 bridgehead atoms. The maximum Gasteiger partial charge on any atom is 0.120 e. The molecule has 2 rings (SSSR count). The Morgan fingerprint density at radius 1 is 1.44 bits per heavy atom. The predicted molar refractivity (Wildman–Crippen MR) is 72.7 cm³/mol. The highest BCUT2D eigenvalue weighted by molar-refractivity contribution is 5.34. The van der Waals surface area contributed by atoms with Gasteiger partial charge in [-0.1, -0.05) is 25.1 Å². The minimum Gasteiger partial charge on any atom is -0.508 e. The number of morpholine rings is 1. The van der Waals surface area contributed by atoms with Crippen molar-refractivity contribution in [2.75, 3.05) is 13.2 Å². The molecule has 100 valence electrons. The van der Waals surface area contributed by atoms with E-state index in [2.05, 4.69) is 25.7 Å². The highest BCUT2D eigenvalue weighted by atomic mass is 16.5. The van der Waals surface area contributed by atoms with Crippen LogP contribution in [0.5, 0.6) is 5.75 Å². The number of phenols is 1. The minimum atomic E-state index is 0.225. The van der Waals surface area contributed by atoms with E-state index in [0.717, 1.165) is 25.1 Å². The molecule has 1 N–H and O–H groups in total. The van der Waals surface area contributed by atoms with Crippen LogP contribution in [0.25, 0.3) is 0 Å². The molecule has 1 heterocycles. The zero-order chi connectivity index (χ0) is 13.1. The van der Waals surface area contributed by atoms with E-state index in [-0.39, 0.29) is 12.1 Å². The first-order chi connectivity index (χ1) is 8.63. The van der Waals surface area contributed by atoms with E-state index in [0.29, 0.717) is 11.8 Å². The summed E-state index contributed by atoms with van der Waals surface area (Å²) >= 11 is 0. The molecular formula is C15H23NO2. The molecule has 3 nitrogen and oxygen atoms in total. The highest BCUT2D eigenvalue weighted by Crippen LogP contribution is 2.31. The van der Waals surface area contributed by atoms with Crippen LogP contribution >= 0.6 is 0 Å². The normalized spacial score (nSPS) is 27.1. The highest BCUT2D eigenvalue weighted by Gasteiger charge is 2.30. The first-order valence-electron chi connectivity index (χ1n) is 6.78. The lowest BCUT2D eigenvalue weighted by Crippen LogP contribution is -2.49. The average Bonchev–Trinajstić information content (AvgIpc) is 2.38. The van der Waals surface area contributed by atoms with E-state index in [9.17, 15) is 5.11 Å². The Kier molecular flexibility index (Phi) is 4.25. The van der Waals surface area contributed by atoms with Crippen molar-refractivity contribution >= 4 is 0 Å². The van der Waals surface area contributed by atoms with Crippen LogP contribution in [0.1, 0.15) is 38.8 Å². The SMILES string of the molecule is CCC1COC(C)CN1C(C)c1ccccc1O. The Morgan fingerprint density at radius 3 is 2.83 bits per heavy atom. The molecule has 0 amide bonds. The number of hydrogen-bond acceptors (Lipinski definition) is 3. The van der Waals surface area contributed by atoms with Gasteiger partial charge in [0.25, 0.3) is 0 Å². The van der Waals surface area contributed by atoms with Crippen LogP contribution < -0.4 is 0 Å². The van der Waals surface area contributed by atoms with E-state index in [1.807, 2.05) is 18.2 Å². The third kappa shape index (κ3) is 2.68. The van der Waals surface area contributed by atoms with Crippen molar-refractivity contribution in [3.63, 3.8) is 0 Å². The van der Waals surface area contributed by atoms with E-state index >= 15 is 0 Å². The van der Waals surface area contributed by atoms with Crippen LogP contribution in [-0.4, -0.2) is 35.3 Å². The molecule has 0 radical (unpaired) electrons. The summed E-state index contributed by atoms with van der Waals surface area (Å²) in [6, 6.07) is 8.28. The molecule has 1 saturated heterocycles. The molecule has 0 spiro atoms. The molecule has 0 aliphatic carbocycles. The lowest BCUT2D eigenvalue weighted by molar-refractivity contribution is -0.0708. The second-order valence-electron chi connectivity index (χ2n) is 5.14. The molecule has 1 fully saturated rings. The quantitative estimate of drug-likeness (QED) is 0.894. The fourth-order valence-electron chi connectivity index (χ4n) is 2.72. The number of para-hydroxylation sites is 1. The van der Waals surface area contributed by atoms with Gasteiger partial charge in [-0.15, -0.1) is 0 Å². The molecule has 1 aromatic carbocycles. The van der Waals surface area contributed by atoms with E-state index in [1.165, 1.54) is 0 Å². The van der Waals surface area contributed by atoms with Gasteiger partial charge in [-0.05, 0) is 26.3 Å². The maximum absolute atomic E-state index is 9.98. The van der Waals surface area contributed by atoms with E-state index in [4.69, 9.17) is 4.74 Å². The van der Waals surface area contributed by atoms with Gasteiger partial charge in [-0.3, -0.25) is 4.90 Å². The molecule has 0 saturated carbocycles. The predicted octanol–water partition coefficient (Wildman–Crippen LogP) is 2.95. The van der Waals surface area contributed by atoms with Crippen LogP contribution in [0.2, 0.25) is 0 Å². The molecule has 1 aromatic rings. The average molecular weight is 249 g/mol. The molecular weight excluding hydrogens is 226 g/mol. The van der Waals surface area contributed by atoms with Crippen molar-refractivity contribution in [3.8, 4) is 5.75 Å². The van der Waals surface area contributed by atoms with Gasteiger partial charge >= 0.3 is 0 Å². The minimum absolute atomic E-state index is 0.225. The third-order valence-corrected chi connectivity index (χ3v) is 3.87. The molecule has 3 atom stereocenters. The largest absolute Gasteiger partial charge is 0.508 e. The zero-order valence-corrected chi connectivity index (χ0v) is 11.5. The summed E-state index contributed by atoms with van der Waals surface area (Å²) in [4.78, 5) is 2.45. The Bertz CT molecular complexity index is 394. The Labute approximate surface area is 109 Å². The number of aromatic hydroxyl groups is 1. The van der Waals surface area contributed by atoms with Gasteiger partial charge in [0.2, 0.25) is 0 Å². The first kappa shape index (κ1) is 13.4. The number of rotatable bonds is 3. The van der Waals surface area contributed by atoms with E-state index < -0.39 is 0 Å². The van der Waals surface area contributed by atoms with Crippen molar-refractivity contribution in [2.24, 2.45) is 0 Å². The first-order valence-corrected chi connectivity index (χ1v) is 6.78. The van der Waals surface area contributed by atoms with Crippen molar-refractivity contribution in [1.82, 2.24) is 4.90 Å². The molecule has 1 aliphatic heterocycles. The Morgan fingerprint density at radius 2 is 2.17 bits per heavy atom. The van der Waals surface area contributed by atoms with Crippen LogP contribution in [0.4, 0.5) is 0 Å². The maximum atomic E-state index is 9.98. The topological polar surface area (TPSA) is 32.7 Å². The summed E-state index contributed by atoms with van der Waals surface area (Å²) in [5, 5.41) is 9.98. The third-order valence-electron chi connectivity index (χ3n) is 3.87. The lowest BCUT2D eigenvalue weighted by Gasteiger charge is -2.42. The number of nitrogens with zero attached hydrogens (tertiary/aromatic N) is 1. The van der Waals surface area contributed by atoms with Gasteiger partial charge in [0.05, 0.1) is 12.7 Å². The summed E-state index contributed by atoms with van der Waals surface area (Å²) < 4.78 is 5.72. The van der Waals surface area contributed by atoms with Crippen LogP contribution in [0.3, 0.4) is 0 Å². The van der Waals surface area contributed by atoms with Crippen molar-refractivity contribution in [3.05, 3.63) is 29.8 Å². The molecule has 3 heteroatoms. The fraction of sp³-hybridized carbons (Fsp3) is 0.600. The van der Waals surface area contributed by atoms with Gasteiger partial charge < -0.3 is 9.84 Å². The summed E-state index contributed by atoms with van der Waals surface area (Å²) in [5.74, 6) is 0.388. The van der Waals surface area contributed by atoms with E-state index in [1.54, 1.807) is 6.07 Å². The van der Waals surface area contributed by atoms with Gasteiger partial charge in [0, 0.05) is 24.2 Å². The van der Waals surface area contributed by atoms with Gasteiger partial charge in [0.15, 0.2) is 0 Å². The Balaban J connectivity index is 2.20. The number of ether oxygens (including phenoxy) is 1. The summed E-state index contributed by atoms with van der Waals surface area (Å²) in [5.41, 5.74) is 1.00. The molecule has 1 aliphatic rings. The zero-order valence-electron chi connectivity index (χ0n) is 11.5. The second kappa shape index (κ2) is 5.72. The summed E-state index contributed by atoms with van der Waals surface area (Å²) in [6.07, 6.45) is 1.34. The summed E-state index contributed by atoms with van der Waals surface area (Å²) in [7, 11) is 0. The van der Waals surface area contributed by atoms with Crippen LogP contribution in [-0.2, 0) is 4.74 Å². The standard InChI is InChI=1S/C15H23NO2/c1-4-13-10-18-11(2)9-16(13)12(3)14-7-5-6-8-15(14)17/h5-8,11-13,17H,4,9-10H2,1-3H3. The van der Waals surface area contributed by atoms with Crippen LogP contribution in [0.15, 0.2) is 24.3 Å². The fourth-order valence-corrected chi connectivity index (χ4v) is 2.72. The number of benzene rings is 1. The van der Waals surface area contributed by atoms with Gasteiger partial charge in [-0.25, -0.2) is 0 Å². The van der Waals surface area contributed by atoms with Crippen molar-refractivity contribution in [1.29, 1.82) is 0 Å². The van der Waals surface area contributed by atoms with Gasteiger partial charge in [-0.2, -0.15) is 0 Å². The Hall–Kier alpha value is -1.06. The molecule has 0 aromatic heterocycles. The van der Waals surface area contributed by atoms with Crippen molar-refractivity contribution in [2.45, 2.75) is 45.4 Å². The van der Waals surface area contributed by atoms with Crippen LogP contribution in [0, 0.1) is 0 Å².